The molecule has 30 heavy (non-hydrogen) atoms. The number of aryl methyl sites for hydroxylation is 3. The van der Waals surface area contributed by atoms with Crippen molar-refractivity contribution in [3.63, 3.8) is 0 Å². The topological polar surface area (TPSA) is 93.0 Å². The summed E-state index contributed by atoms with van der Waals surface area (Å²) in [6.07, 6.45) is 2.96. The molecule has 4 heterocycles. The van der Waals surface area contributed by atoms with Crippen LogP contribution in [0.5, 0.6) is 0 Å². The van der Waals surface area contributed by atoms with Crippen LogP contribution >= 0.6 is 11.3 Å². The van der Waals surface area contributed by atoms with Crippen molar-refractivity contribution in [2.24, 2.45) is 7.05 Å². The second kappa shape index (κ2) is 8.35. The molecule has 1 aliphatic rings. The van der Waals surface area contributed by atoms with Crippen molar-refractivity contribution < 1.29 is 9.59 Å². The Balaban J connectivity index is 1.44. The molecule has 3 aromatic rings. The van der Waals surface area contributed by atoms with Gasteiger partial charge in [0, 0.05) is 57.0 Å². The van der Waals surface area contributed by atoms with Gasteiger partial charge in [0.15, 0.2) is 0 Å². The number of carbonyl (C=O) groups excluding carboxylic acids is 2. The summed E-state index contributed by atoms with van der Waals surface area (Å²) in [5.41, 5.74) is 4.35. The molecule has 0 saturated heterocycles. The first-order valence-electron chi connectivity index (χ1n) is 9.90. The molecule has 0 atom stereocenters. The lowest BCUT2D eigenvalue weighted by molar-refractivity contribution is 0.0737. The van der Waals surface area contributed by atoms with Crippen LogP contribution in [0.1, 0.15) is 47.8 Å². The van der Waals surface area contributed by atoms with E-state index in [-0.39, 0.29) is 11.8 Å². The van der Waals surface area contributed by atoms with Crippen molar-refractivity contribution in [3.8, 4) is 0 Å². The fourth-order valence-electron chi connectivity index (χ4n) is 3.80. The lowest BCUT2D eigenvalue weighted by Crippen LogP contribution is -2.36. The van der Waals surface area contributed by atoms with Gasteiger partial charge in [-0.2, -0.15) is 5.10 Å². The molecule has 156 valence electrons. The molecule has 0 spiro atoms. The van der Waals surface area contributed by atoms with Crippen LogP contribution in [0.3, 0.4) is 0 Å². The molecule has 3 aromatic heterocycles. The molecule has 0 bridgehead atoms. The molecule has 1 N–H and O–H groups in total. The van der Waals surface area contributed by atoms with E-state index in [0.717, 1.165) is 34.1 Å². The average Bonchev–Trinajstić information content (AvgIpc) is 3.25. The number of aromatic nitrogens is 4. The molecule has 0 saturated carbocycles. The minimum atomic E-state index is -0.201. The van der Waals surface area contributed by atoms with Gasteiger partial charge in [-0.25, -0.2) is 4.98 Å². The van der Waals surface area contributed by atoms with Gasteiger partial charge in [-0.15, -0.1) is 11.3 Å². The van der Waals surface area contributed by atoms with Crippen LogP contribution in [-0.2, 0) is 26.4 Å². The Labute approximate surface area is 179 Å². The number of fused-ring (bicyclic) bond motifs is 1. The average molecular weight is 425 g/mol. The van der Waals surface area contributed by atoms with Crippen molar-refractivity contribution in [2.75, 3.05) is 13.1 Å². The Morgan fingerprint density at radius 1 is 1.27 bits per heavy atom. The Hall–Kier alpha value is -3.07. The predicted molar refractivity (Wildman–Crippen MR) is 114 cm³/mol. The van der Waals surface area contributed by atoms with Crippen LogP contribution in [0.2, 0.25) is 0 Å². The first-order chi connectivity index (χ1) is 14.4. The third kappa shape index (κ3) is 3.97. The summed E-state index contributed by atoms with van der Waals surface area (Å²) >= 11 is 1.45. The van der Waals surface area contributed by atoms with Crippen LogP contribution < -0.4 is 5.32 Å². The molecule has 0 unspecified atom stereocenters. The zero-order valence-corrected chi connectivity index (χ0v) is 18.1. The van der Waals surface area contributed by atoms with E-state index in [2.05, 4.69) is 20.4 Å². The molecular weight excluding hydrogens is 400 g/mol. The highest BCUT2D eigenvalue weighted by Crippen LogP contribution is 2.26. The number of amides is 2. The van der Waals surface area contributed by atoms with Gasteiger partial charge in [0.25, 0.3) is 11.8 Å². The van der Waals surface area contributed by atoms with Crippen LogP contribution in [0.15, 0.2) is 24.4 Å². The quantitative estimate of drug-likeness (QED) is 0.677. The predicted octanol–water partition coefficient (Wildman–Crippen LogP) is 2.06. The van der Waals surface area contributed by atoms with E-state index in [1.165, 1.54) is 11.3 Å². The van der Waals surface area contributed by atoms with Gasteiger partial charge >= 0.3 is 0 Å². The van der Waals surface area contributed by atoms with Crippen molar-refractivity contribution in [3.05, 3.63) is 62.6 Å². The summed E-state index contributed by atoms with van der Waals surface area (Å²) in [6.45, 7) is 5.45. The fraction of sp³-hybridized carbons (Fsp3) is 0.381. The van der Waals surface area contributed by atoms with E-state index >= 15 is 0 Å². The van der Waals surface area contributed by atoms with Crippen LogP contribution in [0.25, 0.3) is 0 Å². The van der Waals surface area contributed by atoms with Crippen molar-refractivity contribution in [2.45, 2.75) is 33.2 Å². The van der Waals surface area contributed by atoms with Crippen molar-refractivity contribution in [1.82, 2.24) is 30.0 Å². The third-order valence-corrected chi connectivity index (χ3v) is 6.32. The first kappa shape index (κ1) is 20.2. The highest BCUT2D eigenvalue weighted by molar-refractivity contribution is 7.13. The third-order valence-electron chi connectivity index (χ3n) is 5.26. The maximum absolute atomic E-state index is 13.0. The highest BCUT2D eigenvalue weighted by atomic mass is 32.1. The Morgan fingerprint density at radius 3 is 2.80 bits per heavy atom. The number of carbonyl (C=O) groups is 2. The van der Waals surface area contributed by atoms with Gasteiger partial charge in [-0.1, -0.05) is 6.07 Å². The zero-order chi connectivity index (χ0) is 21.3. The second-order valence-corrected chi connectivity index (χ2v) is 8.54. The lowest BCUT2D eigenvalue weighted by atomic mass is 10.0. The summed E-state index contributed by atoms with van der Waals surface area (Å²) in [5.74, 6) is -0.171. The number of rotatable bonds is 5. The monoisotopic (exact) mass is 424 g/mol. The van der Waals surface area contributed by atoms with E-state index < -0.39 is 0 Å². The minimum Gasteiger partial charge on any atom is -0.350 e. The van der Waals surface area contributed by atoms with Gasteiger partial charge in [0.2, 0.25) is 0 Å². The van der Waals surface area contributed by atoms with E-state index in [0.29, 0.717) is 36.6 Å². The standard InChI is InChI=1S/C21H24N6O2S/c1-13-19(30-14(2)24-13)21(29)27-11-8-18-15(12-27)16(25-26(18)3)7-10-23-20(28)17-6-4-5-9-22-17/h4-6,9H,7-8,10-12H2,1-3H3,(H,23,28). The zero-order valence-electron chi connectivity index (χ0n) is 17.3. The second-order valence-electron chi connectivity index (χ2n) is 7.34. The van der Waals surface area contributed by atoms with Crippen LogP contribution in [-0.4, -0.2) is 49.6 Å². The first-order valence-corrected chi connectivity index (χ1v) is 10.7. The summed E-state index contributed by atoms with van der Waals surface area (Å²) in [5, 5.41) is 8.45. The van der Waals surface area contributed by atoms with Gasteiger partial charge in [-0.05, 0) is 26.0 Å². The van der Waals surface area contributed by atoms with Crippen molar-refractivity contribution >= 4 is 23.2 Å². The molecule has 8 nitrogen and oxygen atoms in total. The normalized spacial score (nSPS) is 13.2. The molecule has 0 radical (unpaired) electrons. The summed E-state index contributed by atoms with van der Waals surface area (Å²) in [4.78, 5) is 36.3. The van der Waals surface area contributed by atoms with E-state index in [1.54, 1.807) is 24.4 Å². The molecule has 9 heteroatoms. The molecule has 0 aliphatic carbocycles. The van der Waals surface area contributed by atoms with E-state index in [9.17, 15) is 9.59 Å². The molecule has 0 fully saturated rings. The largest absolute Gasteiger partial charge is 0.350 e. The highest BCUT2D eigenvalue weighted by Gasteiger charge is 2.28. The lowest BCUT2D eigenvalue weighted by Gasteiger charge is -2.27. The summed E-state index contributed by atoms with van der Waals surface area (Å²) in [6, 6.07) is 5.25. The smallest absolute Gasteiger partial charge is 0.269 e. The summed E-state index contributed by atoms with van der Waals surface area (Å²) < 4.78 is 1.90. The van der Waals surface area contributed by atoms with Gasteiger partial charge in [0.1, 0.15) is 10.6 Å². The number of pyridine rings is 1. The molecule has 0 aromatic carbocycles. The maximum Gasteiger partial charge on any atom is 0.269 e. The van der Waals surface area contributed by atoms with Crippen LogP contribution in [0.4, 0.5) is 0 Å². The van der Waals surface area contributed by atoms with Gasteiger partial charge in [-0.3, -0.25) is 19.3 Å². The Bertz CT molecular complexity index is 1090. The minimum absolute atomic E-state index is 0.0296. The van der Waals surface area contributed by atoms with Crippen molar-refractivity contribution in [1.29, 1.82) is 0 Å². The van der Waals surface area contributed by atoms with E-state index in [1.807, 2.05) is 30.5 Å². The summed E-state index contributed by atoms with van der Waals surface area (Å²) in [7, 11) is 1.93. The number of hydrogen-bond acceptors (Lipinski definition) is 6. The molecular formula is C21H24N6O2S. The maximum atomic E-state index is 13.0. The number of nitrogens with one attached hydrogen (secondary N) is 1. The Kier molecular flexibility index (Phi) is 5.63. The molecule has 4 rings (SSSR count). The Morgan fingerprint density at radius 2 is 2.10 bits per heavy atom. The molecule has 1 aliphatic heterocycles. The fourth-order valence-corrected chi connectivity index (χ4v) is 4.69. The van der Waals surface area contributed by atoms with Gasteiger partial charge < -0.3 is 10.2 Å². The molecule has 2 amide bonds. The van der Waals surface area contributed by atoms with Gasteiger partial charge in [0.05, 0.1) is 16.4 Å². The SMILES string of the molecule is Cc1nc(C)c(C(=O)N2CCc3c(c(CCNC(=O)c4ccccn4)nn3C)C2)s1. The van der Waals surface area contributed by atoms with E-state index in [4.69, 9.17) is 0 Å². The number of nitrogens with zero attached hydrogens (tertiary/aromatic N) is 5. The number of hydrogen-bond donors (Lipinski definition) is 1. The number of thiazole rings is 1. The van der Waals surface area contributed by atoms with Crippen LogP contribution in [0, 0.1) is 13.8 Å².